The van der Waals surface area contributed by atoms with E-state index >= 15 is 0 Å². The SMILES string of the molecule is CC1(C)CC(OC(=O)c2cc(-c3cc(C(=O)OC4CC(C)(C)NC(C)(C)C4)cc4ccccc34)c3ccccc3c2)CC(C)(C)N1. The van der Waals surface area contributed by atoms with Crippen molar-refractivity contribution >= 4 is 33.5 Å². The predicted molar refractivity (Wildman–Crippen MR) is 186 cm³/mol. The minimum Gasteiger partial charge on any atom is -0.459 e. The summed E-state index contributed by atoms with van der Waals surface area (Å²) < 4.78 is 12.4. The molecule has 46 heavy (non-hydrogen) atoms. The fourth-order valence-electron chi connectivity index (χ4n) is 8.37. The Hall–Kier alpha value is -3.74. The number of fused-ring (bicyclic) bond motifs is 2. The van der Waals surface area contributed by atoms with Gasteiger partial charge in [0, 0.05) is 47.8 Å². The fraction of sp³-hybridized carbons (Fsp3) is 0.450. The van der Waals surface area contributed by atoms with Gasteiger partial charge in [-0.05, 0) is 112 Å². The van der Waals surface area contributed by atoms with Crippen molar-refractivity contribution in [3.8, 4) is 11.1 Å². The minimum atomic E-state index is -0.332. The Morgan fingerprint density at radius 3 is 1.22 bits per heavy atom. The molecule has 0 saturated carbocycles. The first kappa shape index (κ1) is 32.2. The van der Waals surface area contributed by atoms with Crippen LogP contribution in [0.15, 0.2) is 72.8 Å². The summed E-state index contributed by atoms with van der Waals surface area (Å²) in [6, 6.07) is 23.8. The molecule has 2 aliphatic heterocycles. The zero-order chi connectivity index (χ0) is 33.1. The number of piperidine rings is 2. The molecule has 0 spiro atoms. The molecule has 0 aliphatic carbocycles. The van der Waals surface area contributed by atoms with Crippen LogP contribution in [0.1, 0.15) is 102 Å². The average Bonchev–Trinajstić information content (AvgIpc) is 2.92. The second-order valence-electron chi connectivity index (χ2n) is 16.1. The lowest BCUT2D eigenvalue weighted by atomic mass is 9.81. The van der Waals surface area contributed by atoms with Crippen LogP contribution in [-0.2, 0) is 9.47 Å². The first-order chi connectivity index (χ1) is 21.5. The van der Waals surface area contributed by atoms with Crippen molar-refractivity contribution in [3.63, 3.8) is 0 Å². The normalized spacial score (nSPS) is 20.8. The van der Waals surface area contributed by atoms with Gasteiger partial charge in [-0.15, -0.1) is 0 Å². The molecule has 0 bridgehead atoms. The van der Waals surface area contributed by atoms with Gasteiger partial charge in [0.2, 0.25) is 0 Å². The Balaban J connectivity index is 1.39. The number of benzene rings is 4. The zero-order valence-electron chi connectivity index (χ0n) is 28.5. The summed E-state index contributed by atoms with van der Waals surface area (Å²) in [5.74, 6) is -0.664. The van der Waals surface area contributed by atoms with E-state index in [9.17, 15) is 9.59 Å². The summed E-state index contributed by atoms with van der Waals surface area (Å²) in [6.45, 7) is 17.2. The lowest BCUT2D eigenvalue weighted by Gasteiger charge is -2.46. The largest absolute Gasteiger partial charge is 0.459 e. The van der Waals surface area contributed by atoms with Crippen LogP contribution in [0.2, 0.25) is 0 Å². The molecule has 4 aromatic rings. The monoisotopic (exact) mass is 620 g/mol. The highest BCUT2D eigenvalue weighted by Crippen LogP contribution is 2.38. The maximum Gasteiger partial charge on any atom is 0.338 e. The third kappa shape index (κ3) is 6.98. The standard InChI is InChI=1S/C40H48N2O4/c1-37(2)21-29(22-38(3,4)41-37)45-35(43)27-17-25-13-9-11-15-31(25)33(19-27)34-20-28(18-26-14-10-12-16-32(26)34)36(44)46-30-23-39(5,6)42-40(7,8)24-30/h9-20,29-30,41-42H,21-24H2,1-8H3. The number of nitrogens with one attached hydrogen (secondary N) is 2. The van der Waals surface area contributed by atoms with Crippen molar-refractivity contribution in [1.29, 1.82) is 0 Å². The van der Waals surface area contributed by atoms with Crippen LogP contribution in [0.25, 0.3) is 32.7 Å². The van der Waals surface area contributed by atoms with E-state index in [1.807, 2.05) is 60.7 Å². The maximum absolute atomic E-state index is 13.8. The summed E-state index contributed by atoms with van der Waals surface area (Å²) in [7, 11) is 0. The molecule has 0 radical (unpaired) electrons. The Morgan fingerprint density at radius 1 is 0.543 bits per heavy atom. The Kier molecular flexibility index (Phi) is 8.05. The molecule has 6 rings (SSSR count). The van der Waals surface area contributed by atoms with Crippen LogP contribution in [0, 0.1) is 0 Å². The van der Waals surface area contributed by atoms with Gasteiger partial charge in [-0.25, -0.2) is 9.59 Å². The number of esters is 2. The molecule has 6 nitrogen and oxygen atoms in total. The van der Waals surface area contributed by atoms with E-state index in [0.717, 1.165) is 58.4 Å². The number of rotatable bonds is 5. The van der Waals surface area contributed by atoms with E-state index in [4.69, 9.17) is 9.47 Å². The molecule has 2 saturated heterocycles. The molecule has 0 unspecified atom stereocenters. The Morgan fingerprint density at radius 2 is 0.870 bits per heavy atom. The van der Waals surface area contributed by atoms with Gasteiger partial charge in [-0.2, -0.15) is 0 Å². The van der Waals surface area contributed by atoms with Gasteiger partial charge in [0.25, 0.3) is 0 Å². The molecule has 2 N–H and O–H groups in total. The van der Waals surface area contributed by atoms with Gasteiger partial charge < -0.3 is 20.1 Å². The molecule has 0 atom stereocenters. The third-order valence-electron chi connectivity index (χ3n) is 9.34. The van der Waals surface area contributed by atoms with E-state index < -0.39 is 0 Å². The van der Waals surface area contributed by atoms with Crippen molar-refractivity contribution in [1.82, 2.24) is 10.6 Å². The van der Waals surface area contributed by atoms with Crippen LogP contribution >= 0.6 is 0 Å². The minimum absolute atomic E-state index is 0.144. The fourth-order valence-corrected chi connectivity index (χ4v) is 8.37. The molecular formula is C40H48N2O4. The number of carbonyl (C=O) groups excluding carboxylic acids is 2. The number of hydrogen-bond donors (Lipinski definition) is 2. The summed E-state index contributed by atoms with van der Waals surface area (Å²) in [5, 5.41) is 11.2. The van der Waals surface area contributed by atoms with Gasteiger partial charge in [0.1, 0.15) is 12.2 Å². The highest BCUT2D eigenvalue weighted by molar-refractivity contribution is 6.10. The first-order valence-corrected chi connectivity index (χ1v) is 16.5. The first-order valence-electron chi connectivity index (χ1n) is 16.5. The number of hydrogen-bond acceptors (Lipinski definition) is 6. The summed E-state index contributed by atoms with van der Waals surface area (Å²) in [6.07, 6.45) is 2.56. The zero-order valence-corrected chi connectivity index (χ0v) is 28.5. The predicted octanol–water partition coefficient (Wildman–Crippen LogP) is 8.59. The topological polar surface area (TPSA) is 76.7 Å². The molecule has 0 aromatic heterocycles. The Bertz CT molecular complexity index is 1650. The van der Waals surface area contributed by atoms with Crippen LogP contribution in [0.5, 0.6) is 0 Å². The molecule has 0 amide bonds. The smallest absolute Gasteiger partial charge is 0.338 e. The van der Waals surface area contributed by atoms with Gasteiger partial charge in [-0.3, -0.25) is 0 Å². The van der Waals surface area contributed by atoms with Gasteiger partial charge in [0.15, 0.2) is 0 Å². The summed E-state index contributed by atoms with van der Waals surface area (Å²) >= 11 is 0. The molecule has 6 heteroatoms. The number of carbonyl (C=O) groups is 2. The van der Waals surface area contributed by atoms with Crippen molar-refractivity contribution in [3.05, 3.63) is 83.9 Å². The molecule has 2 fully saturated rings. The van der Waals surface area contributed by atoms with Crippen LogP contribution in [-0.4, -0.2) is 46.3 Å². The molecular weight excluding hydrogens is 572 g/mol. The van der Waals surface area contributed by atoms with E-state index in [2.05, 4.69) is 78.2 Å². The summed E-state index contributed by atoms with van der Waals surface area (Å²) in [5.41, 5.74) is 2.18. The second-order valence-corrected chi connectivity index (χ2v) is 16.1. The summed E-state index contributed by atoms with van der Waals surface area (Å²) in [4.78, 5) is 27.6. The second kappa shape index (κ2) is 11.5. The maximum atomic E-state index is 13.8. The van der Waals surface area contributed by atoms with Gasteiger partial charge in [0.05, 0.1) is 11.1 Å². The highest BCUT2D eigenvalue weighted by Gasteiger charge is 2.40. The average molecular weight is 621 g/mol. The van der Waals surface area contributed by atoms with Crippen molar-refractivity contribution in [2.75, 3.05) is 0 Å². The molecule has 242 valence electrons. The van der Waals surface area contributed by atoms with Crippen LogP contribution in [0.4, 0.5) is 0 Å². The Labute approximate surface area is 273 Å². The van der Waals surface area contributed by atoms with E-state index in [0.29, 0.717) is 11.1 Å². The molecule has 2 heterocycles. The lowest BCUT2D eigenvalue weighted by Crippen LogP contribution is -2.59. The number of ether oxygens (including phenoxy) is 2. The molecule has 2 aliphatic rings. The van der Waals surface area contributed by atoms with Crippen molar-refractivity contribution in [2.24, 2.45) is 0 Å². The van der Waals surface area contributed by atoms with Crippen LogP contribution in [0.3, 0.4) is 0 Å². The van der Waals surface area contributed by atoms with Crippen molar-refractivity contribution < 1.29 is 19.1 Å². The molecule has 4 aromatic carbocycles. The third-order valence-corrected chi connectivity index (χ3v) is 9.34. The van der Waals surface area contributed by atoms with Crippen molar-refractivity contribution in [2.45, 2.75) is 115 Å². The van der Waals surface area contributed by atoms with Gasteiger partial charge in [-0.1, -0.05) is 48.5 Å². The quantitative estimate of drug-likeness (QED) is 0.218. The van der Waals surface area contributed by atoms with Crippen LogP contribution < -0.4 is 10.6 Å². The van der Waals surface area contributed by atoms with E-state index in [1.54, 1.807) is 0 Å². The highest BCUT2D eigenvalue weighted by atomic mass is 16.5. The van der Waals surface area contributed by atoms with Gasteiger partial charge >= 0.3 is 11.9 Å². The lowest BCUT2D eigenvalue weighted by molar-refractivity contribution is -0.00765. The van der Waals surface area contributed by atoms with E-state index in [-0.39, 0.29) is 46.3 Å². The van der Waals surface area contributed by atoms with E-state index in [1.165, 1.54) is 0 Å².